The molecule has 7 heteroatoms. The van der Waals surface area contributed by atoms with Gasteiger partial charge in [-0.1, -0.05) is 34.1 Å². The summed E-state index contributed by atoms with van der Waals surface area (Å²) in [5.74, 6) is -0.586. The van der Waals surface area contributed by atoms with E-state index in [1.165, 1.54) is 7.11 Å². The molecule has 1 aromatic carbocycles. The van der Waals surface area contributed by atoms with Crippen molar-refractivity contribution in [2.45, 2.75) is 30.7 Å². The topological polar surface area (TPSA) is 85.2 Å². The first-order chi connectivity index (χ1) is 10.1. The summed E-state index contributed by atoms with van der Waals surface area (Å²) < 4.78 is 15.7. The fraction of sp³-hybridized carbons (Fsp3) is 0.500. The monoisotopic (exact) mass is 360 g/mol. The number of methoxy groups -OCH3 is 1. The molecule has 0 aromatic heterocycles. The van der Waals surface area contributed by atoms with E-state index in [9.17, 15) is 15.0 Å². The molecule has 0 aliphatic carbocycles. The normalized spacial score (nSPS) is 32.7. The molecule has 2 rings (SSSR count). The van der Waals surface area contributed by atoms with Crippen molar-refractivity contribution in [3.05, 3.63) is 35.9 Å². The summed E-state index contributed by atoms with van der Waals surface area (Å²) in [6.45, 7) is 0. The summed E-state index contributed by atoms with van der Waals surface area (Å²) in [5, 5.41) is 20.3. The molecule has 0 spiro atoms. The molecule has 0 amide bonds. The van der Waals surface area contributed by atoms with Crippen LogP contribution in [0, 0.1) is 0 Å². The molecule has 3 unspecified atom stereocenters. The van der Waals surface area contributed by atoms with E-state index in [0.29, 0.717) is 10.9 Å². The number of benzene rings is 1. The zero-order valence-corrected chi connectivity index (χ0v) is 13.0. The van der Waals surface area contributed by atoms with Crippen LogP contribution in [0.5, 0.6) is 0 Å². The summed E-state index contributed by atoms with van der Waals surface area (Å²) >= 11 is 3.24. The number of halogens is 1. The highest BCUT2D eigenvalue weighted by atomic mass is 79.9. The Balaban J connectivity index is 2.11. The van der Waals surface area contributed by atoms with E-state index < -0.39 is 36.7 Å². The lowest BCUT2D eigenvalue weighted by Gasteiger charge is -2.40. The fourth-order valence-electron chi connectivity index (χ4n) is 2.14. The third-order valence-electron chi connectivity index (χ3n) is 3.28. The van der Waals surface area contributed by atoms with Crippen LogP contribution in [0.4, 0.5) is 0 Å². The van der Waals surface area contributed by atoms with E-state index in [2.05, 4.69) is 15.9 Å². The van der Waals surface area contributed by atoms with Crippen LogP contribution < -0.4 is 0 Å². The Morgan fingerprint density at radius 3 is 2.52 bits per heavy atom. The third-order valence-corrected chi connectivity index (χ3v) is 3.92. The summed E-state index contributed by atoms with van der Waals surface area (Å²) in [7, 11) is 1.36. The van der Waals surface area contributed by atoms with E-state index in [1.54, 1.807) is 30.3 Å². The summed E-state index contributed by atoms with van der Waals surface area (Å²) in [5.41, 5.74) is 0.362. The molecule has 0 saturated carbocycles. The highest BCUT2D eigenvalue weighted by Crippen LogP contribution is 2.26. The summed E-state index contributed by atoms with van der Waals surface area (Å²) in [6, 6.07) is 8.42. The maximum absolute atomic E-state index is 12.1. The van der Waals surface area contributed by atoms with Gasteiger partial charge in [-0.2, -0.15) is 0 Å². The Kier molecular flexibility index (Phi) is 5.72. The lowest BCUT2D eigenvalue weighted by Crippen LogP contribution is -2.59. The van der Waals surface area contributed by atoms with Crippen molar-refractivity contribution in [3.8, 4) is 0 Å². The Morgan fingerprint density at radius 2 is 1.95 bits per heavy atom. The van der Waals surface area contributed by atoms with Gasteiger partial charge in [0.05, 0.1) is 5.56 Å². The molecule has 1 aliphatic heterocycles. The standard InChI is InChI=1S/C14H17BrO6/c1-19-14-11(17)10(16)12(9(7-15)20-14)21-13(18)8-5-3-2-4-6-8/h2-6,9-12,14,16-17H,7H2,1H3/t9-,10-,11?,12?,14?/m1/s1. The molecule has 6 nitrogen and oxygen atoms in total. The molecule has 1 fully saturated rings. The molecule has 1 aliphatic rings. The Morgan fingerprint density at radius 1 is 1.29 bits per heavy atom. The second-order valence-corrected chi connectivity index (χ2v) is 5.30. The molecule has 1 saturated heterocycles. The van der Waals surface area contributed by atoms with Crippen LogP contribution in [-0.2, 0) is 14.2 Å². The van der Waals surface area contributed by atoms with Gasteiger partial charge in [0.1, 0.15) is 18.3 Å². The number of alkyl halides is 1. The van der Waals surface area contributed by atoms with Gasteiger partial charge in [-0.15, -0.1) is 0 Å². The SMILES string of the molecule is COC1O[C@H](CBr)C(OC(=O)c2ccccc2)[C@H](O)C1O. The Bertz CT molecular complexity index is 466. The molecule has 0 radical (unpaired) electrons. The van der Waals surface area contributed by atoms with Gasteiger partial charge < -0.3 is 24.4 Å². The smallest absolute Gasteiger partial charge is 0.338 e. The second-order valence-electron chi connectivity index (χ2n) is 4.65. The Labute approximate surface area is 130 Å². The summed E-state index contributed by atoms with van der Waals surface area (Å²) in [6.07, 6.45) is -5.16. The number of carbonyl (C=O) groups is 1. The largest absolute Gasteiger partial charge is 0.453 e. The average molecular weight is 361 g/mol. The van der Waals surface area contributed by atoms with Gasteiger partial charge >= 0.3 is 5.97 Å². The molecule has 116 valence electrons. The first-order valence-corrected chi connectivity index (χ1v) is 7.57. The first-order valence-electron chi connectivity index (χ1n) is 6.45. The van der Waals surface area contributed by atoms with Crippen molar-refractivity contribution in [1.82, 2.24) is 0 Å². The molecule has 2 N–H and O–H groups in total. The minimum atomic E-state index is -1.29. The summed E-state index contributed by atoms with van der Waals surface area (Å²) in [4.78, 5) is 12.1. The molecular weight excluding hydrogens is 344 g/mol. The molecule has 0 bridgehead atoms. The zero-order chi connectivity index (χ0) is 15.4. The third kappa shape index (κ3) is 3.61. The van der Waals surface area contributed by atoms with Gasteiger partial charge in [-0.05, 0) is 12.1 Å². The van der Waals surface area contributed by atoms with Gasteiger partial charge in [0.25, 0.3) is 0 Å². The molecular formula is C14H17BrO6. The number of ether oxygens (including phenoxy) is 3. The number of rotatable bonds is 4. The van der Waals surface area contributed by atoms with Gasteiger partial charge in [0.15, 0.2) is 12.4 Å². The van der Waals surface area contributed by atoms with Crippen LogP contribution >= 0.6 is 15.9 Å². The van der Waals surface area contributed by atoms with Crippen molar-refractivity contribution in [3.63, 3.8) is 0 Å². The average Bonchev–Trinajstić information content (AvgIpc) is 2.53. The van der Waals surface area contributed by atoms with E-state index in [0.717, 1.165) is 0 Å². The predicted molar refractivity (Wildman–Crippen MR) is 77.1 cm³/mol. The lowest BCUT2D eigenvalue weighted by molar-refractivity contribution is -0.284. The predicted octanol–water partition coefficient (Wildman–Crippen LogP) is 0.700. The van der Waals surface area contributed by atoms with E-state index >= 15 is 0 Å². The van der Waals surface area contributed by atoms with Crippen LogP contribution in [-0.4, -0.2) is 59.3 Å². The first kappa shape index (κ1) is 16.4. The van der Waals surface area contributed by atoms with Crippen molar-refractivity contribution in [2.24, 2.45) is 0 Å². The quantitative estimate of drug-likeness (QED) is 0.607. The van der Waals surface area contributed by atoms with Gasteiger partial charge in [0, 0.05) is 12.4 Å². The van der Waals surface area contributed by atoms with Crippen molar-refractivity contribution in [1.29, 1.82) is 0 Å². The van der Waals surface area contributed by atoms with Crippen molar-refractivity contribution < 1.29 is 29.2 Å². The van der Waals surface area contributed by atoms with Crippen LogP contribution in [0.25, 0.3) is 0 Å². The van der Waals surface area contributed by atoms with Gasteiger partial charge in [0.2, 0.25) is 0 Å². The van der Waals surface area contributed by atoms with E-state index in [4.69, 9.17) is 14.2 Å². The van der Waals surface area contributed by atoms with E-state index in [1.807, 2.05) is 0 Å². The van der Waals surface area contributed by atoms with Crippen LogP contribution in [0.3, 0.4) is 0 Å². The van der Waals surface area contributed by atoms with Crippen LogP contribution in [0.2, 0.25) is 0 Å². The minimum Gasteiger partial charge on any atom is -0.453 e. The number of esters is 1. The highest BCUT2D eigenvalue weighted by Gasteiger charge is 2.46. The Hall–Kier alpha value is -0.990. The maximum Gasteiger partial charge on any atom is 0.338 e. The van der Waals surface area contributed by atoms with Crippen molar-refractivity contribution >= 4 is 21.9 Å². The van der Waals surface area contributed by atoms with Crippen LogP contribution in [0.15, 0.2) is 30.3 Å². The number of carbonyl (C=O) groups excluding carboxylic acids is 1. The fourth-order valence-corrected chi connectivity index (χ4v) is 2.66. The van der Waals surface area contributed by atoms with Gasteiger partial charge in [-0.3, -0.25) is 0 Å². The number of hydrogen-bond donors (Lipinski definition) is 2. The molecule has 21 heavy (non-hydrogen) atoms. The molecule has 5 atom stereocenters. The number of aliphatic hydroxyl groups excluding tert-OH is 2. The van der Waals surface area contributed by atoms with Crippen LogP contribution in [0.1, 0.15) is 10.4 Å². The number of aliphatic hydroxyl groups is 2. The number of hydrogen-bond acceptors (Lipinski definition) is 6. The highest BCUT2D eigenvalue weighted by molar-refractivity contribution is 9.09. The second kappa shape index (κ2) is 7.33. The van der Waals surface area contributed by atoms with E-state index in [-0.39, 0.29) is 0 Å². The molecule has 1 aromatic rings. The van der Waals surface area contributed by atoms with Gasteiger partial charge in [-0.25, -0.2) is 4.79 Å². The minimum absolute atomic E-state index is 0.323. The molecule has 1 heterocycles. The maximum atomic E-state index is 12.1. The zero-order valence-electron chi connectivity index (χ0n) is 11.4. The lowest BCUT2D eigenvalue weighted by atomic mass is 9.99. The van der Waals surface area contributed by atoms with Crippen molar-refractivity contribution in [2.75, 3.05) is 12.4 Å².